The first-order chi connectivity index (χ1) is 4.93. The Labute approximate surface area is 65.4 Å². The van der Waals surface area contributed by atoms with Crippen molar-refractivity contribution in [3.8, 4) is 0 Å². The van der Waals surface area contributed by atoms with Crippen LogP contribution in [0.2, 0.25) is 0 Å². The molecular weight excluding hydrogens is 148 g/mol. The summed E-state index contributed by atoms with van der Waals surface area (Å²) in [6, 6.07) is 0. The average Bonchev–Trinajstić information content (AvgIpc) is 1.81. The molecule has 0 aliphatic carbocycles. The lowest BCUT2D eigenvalue weighted by Gasteiger charge is -2.40. The van der Waals surface area contributed by atoms with Crippen LogP contribution in [0.5, 0.6) is 0 Å². The van der Waals surface area contributed by atoms with Crippen LogP contribution in [0.25, 0.3) is 0 Å². The molecule has 4 nitrogen and oxygen atoms in total. The molecule has 66 valence electrons. The van der Waals surface area contributed by atoms with Crippen molar-refractivity contribution in [2.24, 2.45) is 0 Å². The Bertz CT molecular complexity index is 145. The Kier molecular flexibility index (Phi) is 2.20. The number of rotatable bonds is 0. The van der Waals surface area contributed by atoms with Crippen molar-refractivity contribution in [3.05, 3.63) is 0 Å². The number of hydrogen-bond acceptors (Lipinski definition) is 4. The lowest BCUT2D eigenvalue weighted by molar-refractivity contribution is -0.256. The molecule has 1 saturated heterocycles. The maximum Gasteiger partial charge on any atom is 0.157 e. The Morgan fingerprint density at radius 1 is 1.45 bits per heavy atom. The van der Waals surface area contributed by atoms with E-state index in [0.717, 1.165) is 0 Å². The fraction of sp³-hybridized carbons (Fsp3) is 1.00. The summed E-state index contributed by atoms with van der Waals surface area (Å²) in [4.78, 5) is 0. The van der Waals surface area contributed by atoms with Crippen LogP contribution in [0.3, 0.4) is 0 Å². The predicted molar refractivity (Wildman–Crippen MR) is 37.8 cm³/mol. The molecular formula is C7H14O4. The number of aliphatic hydroxyl groups excluding tert-OH is 2. The van der Waals surface area contributed by atoms with Crippen LogP contribution in [0.1, 0.15) is 20.3 Å². The lowest BCUT2D eigenvalue weighted by Crippen LogP contribution is -2.54. The van der Waals surface area contributed by atoms with Crippen LogP contribution >= 0.6 is 0 Å². The number of hydrogen-bond donors (Lipinski definition) is 3. The minimum absolute atomic E-state index is 0.0541. The Hall–Kier alpha value is -0.160. The standard InChI is InChI=1S/C7H14O4/c1-4-6(9)7(2,10)3-5(8)11-4/h4-6,8-10H,3H2,1-2H3/t4-,5?,6+,7+/m0/s1. The Morgan fingerprint density at radius 2 is 2.00 bits per heavy atom. The zero-order valence-electron chi connectivity index (χ0n) is 6.69. The average molecular weight is 162 g/mol. The Morgan fingerprint density at radius 3 is 2.45 bits per heavy atom. The number of aliphatic hydroxyl groups is 3. The summed E-state index contributed by atoms with van der Waals surface area (Å²) in [7, 11) is 0. The SMILES string of the molecule is C[C@@H]1OC(O)C[C@@](C)(O)[C@@H]1O. The summed E-state index contributed by atoms with van der Waals surface area (Å²) in [6.07, 6.45) is -2.36. The van der Waals surface area contributed by atoms with Crippen molar-refractivity contribution in [1.29, 1.82) is 0 Å². The monoisotopic (exact) mass is 162 g/mol. The zero-order valence-corrected chi connectivity index (χ0v) is 6.69. The molecule has 1 aliphatic heterocycles. The van der Waals surface area contributed by atoms with Gasteiger partial charge >= 0.3 is 0 Å². The molecule has 0 radical (unpaired) electrons. The largest absolute Gasteiger partial charge is 0.387 e. The van der Waals surface area contributed by atoms with Gasteiger partial charge in [-0.15, -0.1) is 0 Å². The van der Waals surface area contributed by atoms with Gasteiger partial charge in [0.1, 0.15) is 6.10 Å². The smallest absolute Gasteiger partial charge is 0.157 e. The van der Waals surface area contributed by atoms with Gasteiger partial charge in [-0.3, -0.25) is 0 Å². The van der Waals surface area contributed by atoms with Gasteiger partial charge in [-0.1, -0.05) is 0 Å². The Balaban J connectivity index is 2.67. The van der Waals surface area contributed by atoms with Gasteiger partial charge < -0.3 is 20.1 Å². The summed E-state index contributed by atoms with van der Waals surface area (Å²) >= 11 is 0. The first-order valence-electron chi connectivity index (χ1n) is 3.67. The zero-order chi connectivity index (χ0) is 8.65. The highest BCUT2D eigenvalue weighted by Gasteiger charge is 2.42. The maximum absolute atomic E-state index is 9.49. The lowest BCUT2D eigenvalue weighted by atomic mass is 9.89. The molecule has 1 unspecified atom stereocenters. The second-order valence-electron chi connectivity index (χ2n) is 3.30. The third-order valence-electron chi connectivity index (χ3n) is 2.04. The molecule has 0 aromatic carbocycles. The highest BCUT2D eigenvalue weighted by molar-refractivity contribution is 4.90. The summed E-state index contributed by atoms with van der Waals surface area (Å²) in [5, 5.41) is 27.9. The van der Waals surface area contributed by atoms with Gasteiger partial charge in [-0.25, -0.2) is 0 Å². The third kappa shape index (κ3) is 1.70. The van der Waals surface area contributed by atoms with Crippen molar-refractivity contribution < 1.29 is 20.1 Å². The van der Waals surface area contributed by atoms with Crippen molar-refractivity contribution in [1.82, 2.24) is 0 Å². The summed E-state index contributed by atoms with van der Waals surface area (Å²) in [6.45, 7) is 3.10. The highest BCUT2D eigenvalue weighted by Crippen LogP contribution is 2.27. The molecule has 1 fully saturated rings. The summed E-state index contributed by atoms with van der Waals surface area (Å²) in [5.41, 5.74) is -1.24. The van der Waals surface area contributed by atoms with E-state index < -0.39 is 24.1 Å². The van der Waals surface area contributed by atoms with Crippen molar-refractivity contribution in [3.63, 3.8) is 0 Å². The molecule has 0 bridgehead atoms. The third-order valence-corrected chi connectivity index (χ3v) is 2.04. The van der Waals surface area contributed by atoms with Gasteiger partial charge in [-0.05, 0) is 13.8 Å². The predicted octanol–water partition coefficient (Wildman–Crippen LogP) is -0.775. The van der Waals surface area contributed by atoms with Crippen molar-refractivity contribution >= 4 is 0 Å². The van der Waals surface area contributed by atoms with Crippen LogP contribution in [0, 0.1) is 0 Å². The molecule has 1 aliphatic rings. The highest BCUT2D eigenvalue weighted by atomic mass is 16.6. The van der Waals surface area contributed by atoms with Gasteiger partial charge in [0.2, 0.25) is 0 Å². The summed E-state index contributed by atoms with van der Waals surface area (Å²) < 4.78 is 4.88. The molecule has 4 heteroatoms. The summed E-state index contributed by atoms with van der Waals surface area (Å²) in [5.74, 6) is 0. The molecule has 0 amide bonds. The van der Waals surface area contributed by atoms with E-state index in [0.29, 0.717) is 0 Å². The van der Waals surface area contributed by atoms with E-state index in [1.165, 1.54) is 6.92 Å². The van der Waals surface area contributed by atoms with Crippen LogP contribution in [0.4, 0.5) is 0 Å². The quantitative estimate of drug-likeness (QED) is 0.437. The normalized spacial score (nSPS) is 52.6. The van der Waals surface area contributed by atoms with E-state index in [-0.39, 0.29) is 6.42 Å². The minimum atomic E-state index is -1.24. The van der Waals surface area contributed by atoms with Gasteiger partial charge in [0, 0.05) is 6.42 Å². The fourth-order valence-electron chi connectivity index (χ4n) is 1.35. The fourth-order valence-corrected chi connectivity index (χ4v) is 1.35. The van der Waals surface area contributed by atoms with Gasteiger partial charge in [0.15, 0.2) is 6.29 Å². The number of ether oxygens (including phenoxy) is 1. The van der Waals surface area contributed by atoms with E-state index >= 15 is 0 Å². The van der Waals surface area contributed by atoms with E-state index in [9.17, 15) is 10.2 Å². The maximum atomic E-state index is 9.49. The molecule has 4 atom stereocenters. The molecule has 3 N–H and O–H groups in total. The van der Waals surface area contributed by atoms with E-state index in [4.69, 9.17) is 9.84 Å². The van der Waals surface area contributed by atoms with Gasteiger partial charge in [0.25, 0.3) is 0 Å². The van der Waals surface area contributed by atoms with E-state index in [1.807, 2.05) is 0 Å². The first kappa shape index (κ1) is 8.93. The molecule has 1 rings (SSSR count). The van der Waals surface area contributed by atoms with Crippen molar-refractivity contribution in [2.45, 2.75) is 44.4 Å². The molecule has 0 saturated carbocycles. The molecule has 0 spiro atoms. The molecule has 0 aromatic rings. The molecule has 0 aromatic heterocycles. The van der Waals surface area contributed by atoms with E-state index in [2.05, 4.69) is 0 Å². The molecule has 1 heterocycles. The van der Waals surface area contributed by atoms with Crippen molar-refractivity contribution in [2.75, 3.05) is 0 Å². The van der Waals surface area contributed by atoms with Crippen LogP contribution < -0.4 is 0 Å². The topological polar surface area (TPSA) is 69.9 Å². The van der Waals surface area contributed by atoms with E-state index in [1.54, 1.807) is 6.92 Å². The second-order valence-corrected chi connectivity index (χ2v) is 3.30. The van der Waals surface area contributed by atoms with Gasteiger partial charge in [-0.2, -0.15) is 0 Å². The van der Waals surface area contributed by atoms with Gasteiger partial charge in [0.05, 0.1) is 11.7 Å². The second kappa shape index (κ2) is 2.71. The van der Waals surface area contributed by atoms with Crippen LogP contribution in [-0.2, 0) is 4.74 Å². The van der Waals surface area contributed by atoms with Crippen LogP contribution in [0.15, 0.2) is 0 Å². The minimum Gasteiger partial charge on any atom is -0.387 e. The first-order valence-corrected chi connectivity index (χ1v) is 3.67. The van der Waals surface area contributed by atoms with Crippen LogP contribution in [-0.4, -0.2) is 39.4 Å². The molecule has 11 heavy (non-hydrogen) atoms.